The smallest absolute Gasteiger partial charge is 0.124 e. The predicted molar refractivity (Wildman–Crippen MR) is 39.6 cm³/mol. The number of aromatic hydroxyl groups is 1. The fraction of sp³-hybridized carbons (Fsp3) is 0. The maximum Gasteiger partial charge on any atom is 0.124 e. The lowest BCUT2D eigenvalue weighted by atomic mass is 10.2. The van der Waals surface area contributed by atoms with E-state index in [1.165, 1.54) is 0 Å². The Morgan fingerprint density at radius 2 is 1.90 bits per heavy atom. The summed E-state index contributed by atoms with van der Waals surface area (Å²) in [5.74, 6) is 0.160. The van der Waals surface area contributed by atoms with Gasteiger partial charge in [-0.1, -0.05) is 12.1 Å². The fourth-order valence-corrected chi connectivity index (χ4v) is 0.610. The minimum absolute atomic E-state index is 0. The van der Waals surface area contributed by atoms with Crippen LogP contribution >= 0.6 is 0 Å². The van der Waals surface area contributed by atoms with Crippen LogP contribution in [0.15, 0.2) is 24.3 Å². The maximum atomic E-state index is 8.96. The molecule has 0 heterocycles. The molecule has 4 N–H and O–H groups in total. The first-order valence-electron chi connectivity index (χ1n) is 2.63. The number of benzene rings is 1. The number of phenols is 1. The van der Waals surface area contributed by atoms with E-state index >= 15 is 0 Å². The highest BCUT2D eigenvalue weighted by atomic mass is 16.3. The molecule has 0 aliphatic carbocycles. The number of para-hydroxylation sites is 1. The second-order valence-electron chi connectivity index (χ2n) is 1.70. The molecule has 10 heavy (non-hydrogen) atoms. The van der Waals surface area contributed by atoms with Crippen molar-refractivity contribution >= 4 is 6.21 Å². The van der Waals surface area contributed by atoms with E-state index in [4.69, 9.17) is 10.5 Å². The van der Waals surface area contributed by atoms with Crippen LogP contribution in [0.5, 0.6) is 5.75 Å². The maximum absolute atomic E-state index is 8.96. The average Bonchev–Trinajstić information content (AvgIpc) is 1.89. The second-order valence-corrected chi connectivity index (χ2v) is 1.70. The molecule has 0 unspecified atom stereocenters. The molecule has 1 aromatic rings. The van der Waals surface area contributed by atoms with E-state index in [0.29, 0.717) is 5.56 Å². The first-order chi connectivity index (χ1) is 4.34. The Morgan fingerprint density at radius 1 is 1.30 bits per heavy atom. The highest BCUT2D eigenvalue weighted by Gasteiger charge is 1.91. The van der Waals surface area contributed by atoms with Crippen LogP contribution in [0.1, 0.15) is 5.56 Å². The first kappa shape index (κ1) is 8.65. The predicted octanol–water partition coefficient (Wildman–Crippen LogP) is 0.565. The van der Waals surface area contributed by atoms with Crippen molar-refractivity contribution in [2.45, 2.75) is 0 Å². The Hall–Kier alpha value is -1.35. The van der Waals surface area contributed by atoms with Crippen molar-refractivity contribution in [1.29, 1.82) is 5.41 Å². The Kier molecular flexibility index (Phi) is 3.14. The Morgan fingerprint density at radius 3 is 2.30 bits per heavy atom. The molecule has 0 amide bonds. The summed E-state index contributed by atoms with van der Waals surface area (Å²) in [7, 11) is 0. The lowest BCUT2D eigenvalue weighted by Gasteiger charge is -1.92. The Bertz CT molecular complexity index is 223. The van der Waals surface area contributed by atoms with Crippen molar-refractivity contribution in [3.05, 3.63) is 29.8 Å². The van der Waals surface area contributed by atoms with E-state index in [9.17, 15) is 0 Å². The molecule has 0 spiro atoms. The zero-order valence-corrected chi connectivity index (χ0v) is 5.33. The van der Waals surface area contributed by atoms with Crippen molar-refractivity contribution in [3.8, 4) is 5.75 Å². The van der Waals surface area contributed by atoms with E-state index < -0.39 is 0 Å². The van der Waals surface area contributed by atoms with Crippen LogP contribution in [0, 0.1) is 5.41 Å². The molecule has 0 aliphatic heterocycles. The molecule has 0 fully saturated rings. The third kappa shape index (κ3) is 1.56. The SMILES string of the molecule is N=Cc1ccccc1O.O. The topological polar surface area (TPSA) is 75.6 Å². The van der Waals surface area contributed by atoms with Gasteiger partial charge in [-0.25, -0.2) is 0 Å². The summed E-state index contributed by atoms with van der Waals surface area (Å²) < 4.78 is 0. The molecule has 0 bridgehead atoms. The van der Waals surface area contributed by atoms with Gasteiger partial charge < -0.3 is 16.0 Å². The summed E-state index contributed by atoms with van der Waals surface area (Å²) in [5, 5.41) is 15.8. The van der Waals surface area contributed by atoms with E-state index in [1.807, 2.05) is 0 Å². The molecule has 0 saturated heterocycles. The summed E-state index contributed by atoms with van der Waals surface area (Å²) in [4.78, 5) is 0. The summed E-state index contributed by atoms with van der Waals surface area (Å²) in [6.45, 7) is 0. The monoisotopic (exact) mass is 139 g/mol. The van der Waals surface area contributed by atoms with Gasteiger partial charge in [0.2, 0.25) is 0 Å². The molecule has 0 aromatic heterocycles. The Labute approximate surface area is 58.8 Å². The molecule has 0 radical (unpaired) electrons. The third-order valence-corrected chi connectivity index (χ3v) is 1.09. The van der Waals surface area contributed by atoms with Gasteiger partial charge in [-0.05, 0) is 12.1 Å². The van der Waals surface area contributed by atoms with Gasteiger partial charge in [0, 0.05) is 11.8 Å². The molecule has 3 heteroatoms. The van der Waals surface area contributed by atoms with E-state index in [1.54, 1.807) is 24.3 Å². The van der Waals surface area contributed by atoms with Crippen LogP contribution in [0.4, 0.5) is 0 Å². The van der Waals surface area contributed by atoms with Gasteiger partial charge in [-0.15, -0.1) is 0 Å². The molecule has 54 valence electrons. The number of rotatable bonds is 1. The number of hydrogen-bond donors (Lipinski definition) is 2. The zero-order chi connectivity index (χ0) is 6.69. The summed E-state index contributed by atoms with van der Waals surface area (Å²) in [6.07, 6.45) is 1.12. The van der Waals surface area contributed by atoms with Crippen LogP contribution in [0.2, 0.25) is 0 Å². The molecule has 3 nitrogen and oxygen atoms in total. The third-order valence-electron chi connectivity index (χ3n) is 1.09. The standard InChI is InChI=1S/C7H7NO.H2O/c8-5-6-3-1-2-4-7(6)9;/h1-5,8-9H;1H2. The number of hydrogen-bond acceptors (Lipinski definition) is 2. The highest BCUT2D eigenvalue weighted by molar-refractivity contribution is 5.80. The minimum Gasteiger partial charge on any atom is -0.507 e. The van der Waals surface area contributed by atoms with Gasteiger partial charge in [0.05, 0.1) is 0 Å². The van der Waals surface area contributed by atoms with Gasteiger partial charge in [0.25, 0.3) is 0 Å². The van der Waals surface area contributed by atoms with Crippen molar-refractivity contribution < 1.29 is 10.6 Å². The van der Waals surface area contributed by atoms with Gasteiger partial charge in [0.15, 0.2) is 0 Å². The summed E-state index contributed by atoms with van der Waals surface area (Å²) >= 11 is 0. The number of phenolic OH excluding ortho intramolecular Hbond substituents is 1. The fourth-order valence-electron chi connectivity index (χ4n) is 0.610. The highest BCUT2D eigenvalue weighted by Crippen LogP contribution is 2.11. The van der Waals surface area contributed by atoms with Gasteiger partial charge in [-0.2, -0.15) is 0 Å². The normalized spacial score (nSPS) is 8.00. The molecule has 1 aromatic carbocycles. The van der Waals surface area contributed by atoms with Crippen molar-refractivity contribution in [2.24, 2.45) is 0 Å². The van der Waals surface area contributed by atoms with Gasteiger partial charge in [-0.3, -0.25) is 0 Å². The second kappa shape index (κ2) is 3.63. The molecule has 0 saturated carbocycles. The van der Waals surface area contributed by atoms with Crippen molar-refractivity contribution in [3.63, 3.8) is 0 Å². The molecular weight excluding hydrogens is 130 g/mol. The van der Waals surface area contributed by atoms with Crippen LogP contribution in [-0.2, 0) is 0 Å². The van der Waals surface area contributed by atoms with E-state index in [-0.39, 0.29) is 11.2 Å². The van der Waals surface area contributed by atoms with Crippen molar-refractivity contribution in [1.82, 2.24) is 0 Å². The van der Waals surface area contributed by atoms with Gasteiger partial charge in [0.1, 0.15) is 5.75 Å². The van der Waals surface area contributed by atoms with Crippen LogP contribution in [0.25, 0.3) is 0 Å². The van der Waals surface area contributed by atoms with E-state index in [2.05, 4.69) is 0 Å². The lowest BCUT2D eigenvalue weighted by molar-refractivity contribution is 0.474. The van der Waals surface area contributed by atoms with Crippen LogP contribution in [-0.4, -0.2) is 16.8 Å². The first-order valence-corrected chi connectivity index (χ1v) is 2.63. The van der Waals surface area contributed by atoms with Gasteiger partial charge >= 0.3 is 0 Å². The molecular formula is C7H9NO2. The van der Waals surface area contributed by atoms with Crippen LogP contribution < -0.4 is 0 Å². The minimum atomic E-state index is 0. The Balaban J connectivity index is 0.000000810. The molecule has 0 aliphatic rings. The summed E-state index contributed by atoms with van der Waals surface area (Å²) in [5.41, 5.74) is 0.553. The number of nitrogens with one attached hydrogen (secondary N) is 1. The zero-order valence-electron chi connectivity index (χ0n) is 5.33. The quantitative estimate of drug-likeness (QED) is 0.548. The van der Waals surface area contributed by atoms with Crippen LogP contribution in [0.3, 0.4) is 0 Å². The summed E-state index contributed by atoms with van der Waals surface area (Å²) in [6, 6.07) is 6.74. The molecule has 1 rings (SSSR count). The average molecular weight is 139 g/mol. The largest absolute Gasteiger partial charge is 0.507 e. The van der Waals surface area contributed by atoms with E-state index in [0.717, 1.165) is 6.21 Å². The van der Waals surface area contributed by atoms with Crippen molar-refractivity contribution in [2.75, 3.05) is 0 Å². The lowest BCUT2D eigenvalue weighted by Crippen LogP contribution is -1.77. The molecule has 0 atom stereocenters.